The second kappa shape index (κ2) is 15.1. The van der Waals surface area contributed by atoms with E-state index in [0.29, 0.717) is 13.2 Å². The Morgan fingerprint density at radius 3 is 2.68 bits per heavy atom. The van der Waals surface area contributed by atoms with Crippen molar-refractivity contribution in [2.45, 2.75) is 19.8 Å². The van der Waals surface area contributed by atoms with Gasteiger partial charge in [-0.15, -0.1) is 24.0 Å². The van der Waals surface area contributed by atoms with Crippen LogP contribution >= 0.6 is 35.7 Å². The van der Waals surface area contributed by atoms with E-state index in [-0.39, 0.29) is 29.9 Å². The number of ether oxygens (including phenoxy) is 1. The minimum absolute atomic E-state index is 0. The van der Waals surface area contributed by atoms with Gasteiger partial charge in [0.25, 0.3) is 0 Å². The highest BCUT2D eigenvalue weighted by atomic mass is 127. The van der Waals surface area contributed by atoms with Crippen LogP contribution in [0.15, 0.2) is 29.3 Å². The number of halogens is 1. The molecule has 1 aromatic carbocycles. The number of hydrogen-bond donors (Lipinski definition) is 3. The molecule has 6 nitrogen and oxygen atoms in total. The summed E-state index contributed by atoms with van der Waals surface area (Å²) >= 11 is 1.87. The topological polar surface area (TPSA) is 74.8 Å². The summed E-state index contributed by atoms with van der Waals surface area (Å²) in [6.45, 7) is 3.56. The van der Waals surface area contributed by atoms with Crippen molar-refractivity contribution in [3.8, 4) is 5.75 Å². The fourth-order valence-corrected chi connectivity index (χ4v) is 2.50. The van der Waals surface area contributed by atoms with Crippen LogP contribution in [-0.2, 0) is 4.79 Å². The van der Waals surface area contributed by atoms with Crippen LogP contribution in [0.5, 0.6) is 5.75 Å². The normalized spacial score (nSPS) is 10.6. The van der Waals surface area contributed by atoms with E-state index in [0.717, 1.165) is 30.4 Å². The Bertz CT molecular complexity index is 529. The summed E-state index contributed by atoms with van der Waals surface area (Å²) in [5.41, 5.74) is 0.732. The summed E-state index contributed by atoms with van der Waals surface area (Å²) in [5.74, 6) is 2.61. The lowest BCUT2D eigenvalue weighted by Gasteiger charge is -2.13. The molecule has 0 aliphatic rings. The van der Waals surface area contributed by atoms with Crippen LogP contribution in [0.1, 0.15) is 19.8 Å². The Labute approximate surface area is 172 Å². The average Bonchev–Trinajstić information content (AvgIpc) is 2.56. The van der Waals surface area contributed by atoms with E-state index in [4.69, 9.17) is 4.74 Å². The molecule has 0 spiro atoms. The first-order chi connectivity index (χ1) is 11.7. The number of thioether (sulfide) groups is 1. The molecule has 1 rings (SSSR count). The van der Waals surface area contributed by atoms with Gasteiger partial charge in [0.05, 0.1) is 6.54 Å². The zero-order valence-corrected chi connectivity index (χ0v) is 18.3. The standard InChI is InChI=1S/C17H28N4O2S.HI/c1-14(22)21-15-7-6-8-16(13-15)23-11-10-20-17(18-2)19-9-4-5-12-24-3;/h6-8,13H,4-5,9-12H2,1-3H3,(H,21,22)(H2,18,19,20);1H. The van der Waals surface area contributed by atoms with Gasteiger partial charge in [-0.25, -0.2) is 0 Å². The lowest BCUT2D eigenvalue weighted by molar-refractivity contribution is -0.114. The van der Waals surface area contributed by atoms with Crippen molar-refractivity contribution < 1.29 is 9.53 Å². The molecule has 1 aromatic rings. The smallest absolute Gasteiger partial charge is 0.221 e. The number of carbonyl (C=O) groups is 1. The zero-order chi connectivity index (χ0) is 17.6. The van der Waals surface area contributed by atoms with Gasteiger partial charge >= 0.3 is 0 Å². The summed E-state index contributed by atoms with van der Waals surface area (Å²) in [4.78, 5) is 15.2. The number of benzene rings is 1. The predicted octanol–water partition coefficient (Wildman–Crippen LogP) is 2.95. The van der Waals surface area contributed by atoms with Crippen LogP contribution in [0.25, 0.3) is 0 Å². The Balaban J connectivity index is 0.00000576. The van der Waals surface area contributed by atoms with E-state index in [1.807, 2.05) is 30.0 Å². The van der Waals surface area contributed by atoms with Crippen molar-refractivity contribution in [1.82, 2.24) is 10.6 Å². The van der Waals surface area contributed by atoms with Crippen LogP contribution in [-0.4, -0.2) is 50.6 Å². The van der Waals surface area contributed by atoms with E-state index in [2.05, 4.69) is 27.2 Å². The quantitative estimate of drug-likeness (QED) is 0.208. The first kappa shape index (κ1) is 23.8. The summed E-state index contributed by atoms with van der Waals surface area (Å²) in [7, 11) is 1.76. The highest BCUT2D eigenvalue weighted by Gasteiger charge is 2.00. The minimum atomic E-state index is -0.0961. The van der Waals surface area contributed by atoms with E-state index in [9.17, 15) is 4.79 Å². The second-order valence-electron chi connectivity index (χ2n) is 5.18. The van der Waals surface area contributed by atoms with Crippen LogP contribution in [0.4, 0.5) is 5.69 Å². The average molecular weight is 480 g/mol. The van der Waals surface area contributed by atoms with E-state index >= 15 is 0 Å². The number of nitrogens with one attached hydrogen (secondary N) is 3. The summed E-state index contributed by atoms with van der Waals surface area (Å²) in [6, 6.07) is 7.35. The molecule has 0 aliphatic carbocycles. The molecule has 0 unspecified atom stereocenters. The van der Waals surface area contributed by atoms with Gasteiger partial charge in [0.1, 0.15) is 12.4 Å². The van der Waals surface area contributed by atoms with Crippen LogP contribution in [0.2, 0.25) is 0 Å². The SMILES string of the molecule is CN=C(NCCCCSC)NCCOc1cccc(NC(C)=O)c1.I. The fourth-order valence-electron chi connectivity index (χ4n) is 2.00. The number of carbonyl (C=O) groups excluding carboxylic acids is 1. The highest BCUT2D eigenvalue weighted by Crippen LogP contribution is 2.16. The monoisotopic (exact) mass is 480 g/mol. The summed E-state index contributed by atoms with van der Waals surface area (Å²) in [5, 5.41) is 9.24. The Morgan fingerprint density at radius 1 is 1.24 bits per heavy atom. The minimum Gasteiger partial charge on any atom is -0.492 e. The zero-order valence-electron chi connectivity index (χ0n) is 15.1. The van der Waals surface area contributed by atoms with Crippen LogP contribution in [0, 0.1) is 0 Å². The van der Waals surface area contributed by atoms with E-state index in [1.165, 1.54) is 19.1 Å². The number of amides is 1. The van der Waals surface area contributed by atoms with Crippen molar-refractivity contribution in [1.29, 1.82) is 0 Å². The Morgan fingerprint density at radius 2 is 2.00 bits per heavy atom. The lowest BCUT2D eigenvalue weighted by atomic mass is 10.3. The molecule has 0 aromatic heterocycles. The van der Waals surface area contributed by atoms with Gasteiger partial charge in [-0.05, 0) is 37.0 Å². The molecule has 8 heteroatoms. The van der Waals surface area contributed by atoms with Crippen molar-refractivity contribution in [2.24, 2.45) is 4.99 Å². The number of anilines is 1. The number of aliphatic imine (C=N–C) groups is 1. The molecular formula is C17H29IN4O2S. The fraction of sp³-hybridized carbons (Fsp3) is 0.529. The molecule has 0 atom stereocenters. The van der Waals surface area contributed by atoms with Gasteiger partial charge < -0.3 is 20.7 Å². The number of guanidine groups is 1. The maximum atomic E-state index is 11.1. The third kappa shape index (κ3) is 11.9. The first-order valence-electron chi connectivity index (χ1n) is 8.09. The lowest BCUT2D eigenvalue weighted by Crippen LogP contribution is -2.39. The third-order valence-electron chi connectivity index (χ3n) is 3.11. The molecule has 0 aliphatic heterocycles. The maximum absolute atomic E-state index is 11.1. The highest BCUT2D eigenvalue weighted by molar-refractivity contribution is 14.0. The van der Waals surface area contributed by atoms with Crippen LogP contribution < -0.4 is 20.7 Å². The third-order valence-corrected chi connectivity index (χ3v) is 3.81. The van der Waals surface area contributed by atoms with Gasteiger partial charge in [0.2, 0.25) is 5.91 Å². The maximum Gasteiger partial charge on any atom is 0.221 e. The van der Waals surface area contributed by atoms with Crippen molar-refractivity contribution >= 4 is 53.3 Å². The van der Waals surface area contributed by atoms with Gasteiger partial charge in [-0.2, -0.15) is 11.8 Å². The van der Waals surface area contributed by atoms with Crippen molar-refractivity contribution in [3.05, 3.63) is 24.3 Å². The first-order valence-corrected chi connectivity index (χ1v) is 9.49. The van der Waals surface area contributed by atoms with E-state index in [1.54, 1.807) is 13.1 Å². The molecule has 0 saturated heterocycles. The molecule has 0 bridgehead atoms. The predicted molar refractivity (Wildman–Crippen MR) is 119 cm³/mol. The molecule has 0 fully saturated rings. The molecule has 0 radical (unpaired) electrons. The molecule has 25 heavy (non-hydrogen) atoms. The van der Waals surface area contributed by atoms with Crippen LogP contribution in [0.3, 0.4) is 0 Å². The number of nitrogens with zero attached hydrogens (tertiary/aromatic N) is 1. The Hall–Kier alpha value is -1.16. The molecule has 0 heterocycles. The largest absolute Gasteiger partial charge is 0.492 e. The van der Waals surface area contributed by atoms with Gasteiger partial charge in [0, 0.05) is 32.3 Å². The van der Waals surface area contributed by atoms with Gasteiger partial charge in [0.15, 0.2) is 5.96 Å². The number of hydrogen-bond acceptors (Lipinski definition) is 4. The molecule has 142 valence electrons. The van der Waals surface area contributed by atoms with Crippen molar-refractivity contribution in [3.63, 3.8) is 0 Å². The van der Waals surface area contributed by atoms with Gasteiger partial charge in [-0.3, -0.25) is 9.79 Å². The Kier molecular flexibility index (Phi) is 14.4. The van der Waals surface area contributed by atoms with Gasteiger partial charge in [-0.1, -0.05) is 6.07 Å². The second-order valence-corrected chi connectivity index (χ2v) is 6.17. The summed E-state index contributed by atoms with van der Waals surface area (Å²) < 4.78 is 5.68. The molecule has 3 N–H and O–H groups in total. The molecule has 0 saturated carbocycles. The molecular weight excluding hydrogens is 451 g/mol. The van der Waals surface area contributed by atoms with Crippen molar-refractivity contribution in [2.75, 3.05) is 44.1 Å². The molecule has 1 amide bonds. The number of unbranched alkanes of at least 4 members (excludes halogenated alkanes) is 1. The number of rotatable bonds is 10. The summed E-state index contributed by atoms with van der Waals surface area (Å²) in [6.07, 6.45) is 4.46. The van der Waals surface area contributed by atoms with E-state index < -0.39 is 0 Å².